The van der Waals surface area contributed by atoms with Crippen LogP contribution in [0.15, 0.2) is 66.1 Å². The predicted octanol–water partition coefficient (Wildman–Crippen LogP) is 0.640. The van der Waals surface area contributed by atoms with Crippen molar-refractivity contribution in [2.75, 3.05) is 12.4 Å². The highest BCUT2D eigenvalue weighted by atomic mass is 32.2. The highest BCUT2D eigenvalue weighted by molar-refractivity contribution is 8.00. The lowest BCUT2D eigenvalue weighted by molar-refractivity contribution is -0.151. The summed E-state index contributed by atoms with van der Waals surface area (Å²) >= 11 is 1.17. The molecule has 4 heterocycles. The van der Waals surface area contributed by atoms with Gasteiger partial charge in [-0.25, -0.2) is 9.59 Å². The maximum Gasteiger partial charge on any atom is 0.404 e. The lowest BCUT2D eigenvalue weighted by atomic mass is 10.0. The SMILES string of the molecule is NC(=O)OCC1=C(C(=O)O)N2C(=O)C(NC(=O)C(NC(=O)c3cnc4cccnc4c3O)c3ccccc3)[C@H]2SC1. The number of carboxylic acid groups (broad SMARTS) is 1. The third-order valence-electron chi connectivity index (χ3n) is 6.45. The van der Waals surface area contributed by atoms with Gasteiger partial charge >= 0.3 is 12.1 Å². The summed E-state index contributed by atoms with van der Waals surface area (Å²) < 4.78 is 4.71. The van der Waals surface area contributed by atoms with Crippen LogP contribution < -0.4 is 16.4 Å². The first-order chi connectivity index (χ1) is 19.7. The first-order valence-electron chi connectivity index (χ1n) is 12.1. The van der Waals surface area contributed by atoms with E-state index in [0.717, 1.165) is 4.90 Å². The van der Waals surface area contributed by atoms with Crippen LogP contribution in [0.25, 0.3) is 11.0 Å². The minimum Gasteiger partial charge on any atom is -0.505 e. The summed E-state index contributed by atoms with van der Waals surface area (Å²) in [6, 6.07) is 9.11. The number of primary amides is 1. The van der Waals surface area contributed by atoms with E-state index in [0.29, 0.717) is 11.1 Å². The number of nitrogens with one attached hydrogen (secondary N) is 2. The lowest BCUT2D eigenvalue weighted by Gasteiger charge is -2.49. The van der Waals surface area contributed by atoms with Gasteiger partial charge in [-0.2, -0.15) is 0 Å². The van der Waals surface area contributed by atoms with Crippen molar-refractivity contribution >= 4 is 52.6 Å². The number of aromatic nitrogens is 2. The topological polar surface area (TPSA) is 214 Å². The molecule has 2 aromatic heterocycles. The van der Waals surface area contributed by atoms with Crippen molar-refractivity contribution in [3.05, 3.63) is 77.3 Å². The highest BCUT2D eigenvalue weighted by Crippen LogP contribution is 2.40. The van der Waals surface area contributed by atoms with Crippen molar-refractivity contribution in [1.82, 2.24) is 25.5 Å². The van der Waals surface area contributed by atoms with Crippen molar-refractivity contribution in [2.24, 2.45) is 5.73 Å². The molecule has 3 atom stereocenters. The molecule has 1 aromatic carbocycles. The molecule has 14 nitrogen and oxygen atoms in total. The minimum absolute atomic E-state index is 0.108. The van der Waals surface area contributed by atoms with E-state index < -0.39 is 59.6 Å². The molecule has 6 N–H and O–H groups in total. The third-order valence-corrected chi connectivity index (χ3v) is 7.79. The Labute approximate surface area is 235 Å². The van der Waals surface area contributed by atoms with E-state index in [-0.39, 0.29) is 28.1 Å². The van der Waals surface area contributed by atoms with Crippen LogP contribution in [-0.4, -0.2) is 78.6 Å². The van der Waals surface area contributed by atoms with Gasteiger partial charge in [-0.1, -0.05) is 30.3 Å². The number of thioether (sulfide) groups is 1. The quantitative estimate of drug-likeness (QED) is 0.234. The number of β-lactam (4-membered cyclic amide) rings is 1. The van der Waals surface area contributed by atoms with E-state index in [1.165, 1.54) is 24.2 Å². The second-order valence-corrected chi connectivity index (χ2v) is 10.1. The summed E-state index contributed by atoms with van der Waals surface area (Å²) in [7, 11) is 0. The first-order valence-corrected chi connectivity index (χ1v) is 13.1. The zero-order chi connectivity index (χ0) is 29.3. The summed E-state index contributed by atoms with van der Waals surface area (Å²) in [6.07, 6.45) is 1.51. The number of aromatic hydroxyl groups is 1. The summed E-state index contributed by atoms with van der Waals surface area (Å²) in [6.45, 7) is -0.397. The molecule has 1 fully saturated rings. The van der Waals surface area contributed by atoms with Gasteiger partial charge in [0.05, 0.1) is 5.52 Å². The largest absolute Gasteiger partial charge is 0.505 e. The number of ether oxygens (including phenoxy) is 1. The molecule has 2 aliphatic heterocycles. The maximum atomic E-state index is 13.5. The Morgan fingerprint density at radius 3 is 2.61 bits per heavy atom. The summed E-state index contributed by atoms with van der Waals surface area (Å²) in [5.41, 5.74) is 5.48. The van der Waals surface area contributed by atoms with Gasteiger partial charge in [0, 0.05) is 23.7 Å². The zero-order valence-electron chi connectivity index (χ0n) is 21.0. The van der Waals surface area contributed by atoms with Crippen LogP contribution in [0.5, 0.6) is 5.75 Å². The fraction of sp³-hybridized carbons (Fsp3) is 0.192. The van der Waals surface area contributed by atoms with Gasteiger partial charge in [0.25, 0.3) is 11.8 Å². The molecule has 2 unspecified atom stereocenters. The van der Waals surface area contributed by atoms with Crippen LogP contribution in [0.2, 0.25) is 0 Å². The third kappa shape index (κ3) is 5.21. The summed E-state index contributed by atoms with van der Waals surface area (Å²) in [5.74, 6) is -3.94. The molecule has 1 saturated heterocycles. The van der Waals surface area contributed by atoms with Gasteiger partial charge in [-0.3, -0.25) is 29.3 Å². The number of amides is 4. The molecule has 41 heavy (non-hydrogen) atoms. The number of rotatable bonds is 8. The van der Waals surface area contributed by atoms with Gasteiger partial charge in [-0.15, -0.1) is 11.8 Å². The summed E-state index contributed by atoms with van der Waals surface area (Å²) in [4.78, 5) is 71.9. The van der Waals surface area contributed by atoms with Crippen LogP contribution in [-0.2, 0) is 19.1 Å². The smallest absolute Gasteiger partial charge is 0.404 e. The lowest BCUT2D eigenvalue weighted by Crippen LogP contribution is -2.71. The van der Waals surface area contributed by atoms with E-state index in [1.54, 1.807) is 42.5 Å². The van der Waals surface area contributed by atoms with E-state index in [4.69, 9.17) is 10.5 Å². The van der Waals surface area contributed by atoms with Gasteiger partial charge < -0.3 is 31.3 Å². The number of nitrogens with zero attached hydrogens (tertiary/aromatic N) is 3. The fourth-order valence-corrected chi connectivity index (χ4v) is 5.84. The Morgan fingerprint density at radius 2 is 1.90 bits per heavy atom. The molecule has 0 saturated carbocycles. The molecule has 15 heteroatoms. The molecule has 3 aromatic rings. The molecule has 5 rings (SSSR count). The van der Waals surface area contributed by atoms with Crippen molar-refractivity contribution in [3.63, 3.8) is 0 Å². The molecule has 4 amide bonds. The Kier molecular flexibility index (Phi) is 7.43. The molecule has 0 aliphatic carbocycles. The Hall–Kier alpha value is -5.18. The van der Waals surface area contributed by atoms with Crippen molar-refractivity contribution in [1.29, 1.82) is 0 Å². The second kappa shape index (κ2) is 11.1. The Bertz CT molecular complexity index is 1610. The van der Waals surface area contributed by atoms with Crippen LogP contribution >= 0.6 is 11.8 Å². The number of pyridine rings is 2. The number of nitrogens with two attached hydrogens (primary N) is 1. The van der Waals surface area contributed by atoms with E-state index in [2.05, 4.69) is 20.6 Å². The van der Waals surface area contributed by atoms with E-state index in [9.17, 15) is 34.2 Å². The summed E-state index contributed by atoms with van der Waals surface area (Å²) in [5, 5.41) is 24.8. The number of fused-ring (bicyclic) bond motifs is 2. The van der Waals surface area contributed by atoms with Crippen LogP contribution in [0.3, 0.4) is 0 Å². The standard InChI is InChI=1S/C26H22N6O8S/c27-26(39)40-10-13-11-41-24-18(23(36)32(24)19(13)25(37)38)31-22(35)16(12-5-2-1-3-6-12)30-21(34)14-9-29-15-7-4-8-28-17(15)20(14)33/h1-9,16,18,24H,10-11H2,(H2,27,39)(H,29,33)(H,30,34)(H,31,35)(H,37,38)/t16?,18?,24-/m1/s1. The predicted molar refractivity (Wildman–Crippen MR) is 143 cm³/mol. The average molecular weight is 579 g/mol. The molecular weight excluding hydrogens is 556 g/mol. The van der Waals surface area contributed by atoms with Crippen LogP contribution in [0.1, 0.15) is 22.0 Å². The van der Waals surface area contributed by atoms with Crippen LogP contribution in [0.4, 0.5) is 4.79 Å². The first kappa shape index (κ1) is 27.4. The van der Waals surface area contributed by atoms with Gasteiger partial charge in [-0.05, 0) is 17.7 Å². The number of hydrogen-bond acceptors (Lipinski definition) is 10. The average Bonchev–Trinajstić information content (AvgIpc) is 2.97. The van der Waals surface area contributed by atoms with Gasteiger partial charge in [0.15, 0.2) is 5.75 Å². The number of carboxylic acids is 1. The highest BCUT2D eigenvalue weighted by Gasteiger charge is 2.54. The number of carbonyl (C=O) groups excluding carboxylic acids is 4. The number of aliphatic carboxylic acids is 1. The normalized spacial score (nSPS) is 18.6. The Balaban J connectivity index is 1.37. The molecule has 2 aliphatic rings. The minimum atomic E-state index is -1.40. The monoisotopic (exact) mass is 578 g/mol. The molecule has 210 valence electrons. The van der Waals surface area contributed by atoms with Gasteiger partial charge in [0.2, 0.25) is 5.91 Å². The fourth-order valence-electron chi connectivity index (χ4n) is 4.52. The molecule has 0 spiro atoms. The number of benzene rings is 1. The van der Waals surface area contributed by atoms with Crippen molar-refractivity contribution in [2.45, 2.75) is 17.5 Å². The Morgan fingerprint density at radius 1 is 1.15 bits per heavy atom. The number of carbonyl (C=O) groups is 5. The maximum absolute atomic E-state index is 13.5. The van der Waals surface area contributed by atoms with Gasteiger partial charge in [0.1, 0.15) is 40.8 Å². The molecule has 0 bridgehead atoms. The van der Waals surface area contributed by atoms with Crippen molar-refractivity contribution < 1.29 is 38.9 Å². The molecular formula is C26H22N6O8S. The zero-order valence-corrected chi connectivity index (χ0v) is 21.8. The van der Waals surface area contributed by atoms with E-state index in [1.807, 2.05) is 0 Å². The van der Waals surface area contributed by atoms with E-state index >= 15 is 0 Å². The second-order valence-electron chi connectivity index (χ2n) is 8.97. The van der Waals surface area contributed by atoms with Crippen molar-refractivity contribution in [3.8, 4) is 5.75 Å². The molecule has 0 radical (unpaired) electrons. The number of hydrogen-bond donors (Lipinski definition) is 5. The van der Waals surface area contributed by atoms with Crippen LogP contribution in [0, 0.1) is 0 Å².